The van der Waals surface area contributed by atoms with Crippen LogP contribution in [0.5, 0.6) is 0 Å². The molecule has 2 aromatic rings. The lowest BCUT2D eigenvalue weighted by Crippen LogP contribution is -2.21. The normalized spacial score (nSPS) is 10.6. The van der Waals surface area contributed by atoms with E-state index in [0.29, 0.717) is 18.7 Å². The molecule has 25 heavy (non-hydrogen) atoms. The number of aliphatic carboxylic acids is 1. The average Bonchev–Trinajstić information content (AvgIpc) is 2.91. The summed E-state index contributed by atoms with van der Waals surface area (Å²) in [5.41, 5.74) is 1.83. The summed E-state index contributed by atoms with van der Waals surface area (Å²) in [6.45, 7) is 1.86. The molecule has 136 valence electrons. The van der Waals surface area contributed by atoms with Crippen LogP contribution in [0.3, 0.4) is 0 Å². The summed E-state index contributed by atoms with van der Waals surface area (Å²) >= 11 is 0. The Morgan fingerprint density at radius 2 is 1.80 bits per heavy atom. The number of carbonyl (C=O) groups is 2. The number of halogens is 4. The molecule has 2 rings (SSSR count). The van der Waals surface area contributed by atoms with Crippen LogP contribution in [0, 0.1) is 12.7 Å². The number of aromatic nitrogens is 2. The number of alkyl halides is 3. The van der Waals surface area contributed by atoms with Crippen LogP contribution >= 0.6 is 0 Å². The van der Waals surface area contributed by atoms with Crippen molar-refractivity contribution in [1.29, 1.82) is 0 Å². The molecule has 0 fully saturated rings. The highest BCUT2D eigenvalue weighted by Crippen LogP contribution is 2.13. The molecule has 0 unspecified atom stereocenters. The predicted molar refractivity (Wildman–Crippen MR) is 80.4 cm³/mol. The van der Waals surface area contributed by atoms with Gasteiger partial charge in [-0.15, -0.1) is 0 Å². The number of carboxylic acid groups (broad SMARTS) is 1. The second-order valence-corrected chi connectivity index (χ2v) is 4.91. The zero-order chi connectivity index (χ0) is 19.0. The number of aryl methyl sites for hydroxylation is 2. The molecule has 1 aromatic carbocycles. The van der Waals surface area contributed by atoms with Crippen LogP contribution in [0.2, 0.25) is 0 Å². The zero-order valence-corrected chi connectivity index (χ0v) is 13.0. The Morgan fingerprint density at radius 3 is 2.24 bits per heavy atom. The molecule has 0 aliphatic carbocycles. The lowest BCUT2D eigenvalue weighted by molar-refractivity contribution is -0.192. The molecule has 3 N–H and O–H groups in total. The molecule has 1 heterocycles. The van der Waals surface area contributed by atoms with Gasteiger partial charge in [0.25, 0.3) is 0 Å². The number of carboxylic acids is 1. The fraction of sp³-hybridized carbons (Fsp3) is 0.267. The van der Waals surface area contributed by atoms with Crippen LogP contribution in [0.25, 0.3) is 0 Å². The summed E-state index contributed by atoms with van der Waals surface area (Å²) < 4.78 is 44.4. The minimum Gasteiger partial charge on any atom is -0.475 e. The molecule has 0 saturated carbocycles. The fourth-order valence-electron chi connectivity index (χ4n) is 1.60. The summed E-state index contributed by atoms with van der Waals surface area (Å²) in [6.07, 6.45) is -4.16. The Hall–Kier alpha value is -2.91. The van der Waals surface area contributed by atoms with Crippen molar-refractivity contribution in [3.05, 3.63) is 47.4 Å². The Morgan fingerprint density at radius 1 is 1.24 bits per heavy atom. The summed E-state index contributed by atoms with van der Waals surface area (Å²) in [5.74, 6) is -2.61. The molecule has 0 atom stereocenters. The van der Waals surface area contributed by atoms with E-state index in [4.69, 9.17) is 9.90 Å². The van der Waals surface area contributed by atoms with Crippen LogP contribution in [0.1, 0.15) is 17.7 Å². The molecule has 0 bridgehead atoms. The van der Waals surface area contributed by atoms with Crippen molar-refractivity contribution in [1.82, 2.24) is 10.2 Å². The van der Waals surface area contributed by atoms with Gasteiger partial charge in [-0.3, -0.25) is 9.89 Å². The molecular weight excluding hydrogens is 346 g/mol. The Balaban J connectivity index is 0.000000381. The number of nitrogens with one attached hydrogen (secondary N) is 2. The monoisotopic (exact) mass is 361 g/mol. The van der Waals surface area contributed by atoms with Crippen LogP contribution in [0.4, 0.5) is 23.4 Å². The first-order valence-corrected chi connectivity index (χ1v) is 6.94. The largest absolute Gasteiger partial charge is 0.490 e. The lowest BCUT2D eigenvalue weighted by atomic mass is 10.1. The van der Waals surface area contributed by atoms with Gasteiger partial charge < -0.3 is 10.4 Å². The number of anilines is 1. The van der Waals surface area contributed by atoms with Crippen LogP contribution in [0.15, 0.2) is 30.3 Å². The molecule has 0 saturated heterocycles. The Kier molecular flexibility index (Phi) is 7.09. The number of H-pyrrole nitrogens is 1. The van der Waals surface area contributed by atoms with Crippen LogP contribution in [-0.4, -0.2) is 33.4 Å². The number of aromatic amines is 1. The number of amides is 1. The third-order valence-electron chi connectivity index (χ3n) is 2.77. The number of hydrogen-bond acceptors (Lipinski definition) is 3. The maximum Gasteiger partial charge on any atom is 0.490 e. The van der Waals surface area contributed by atoms with Gasteiger partial charge in [-0.1, -0.05) is 12.1 Å². The van der Waals surface area contributed by atoms with Gasteiger partial charge in [-0.05, 0) is 31.0 Å². The summed E-state index contributed by atoms with van der Waals surface area (Å²) in [7, 11) is 0. The van der Waals surface area contributed by atoms with Gasteiger partial charge in [0, 0.05) is 18.2 Å². The summed E-state index contributed by atoms with van der Waals surface area (Å²) in [4.78, 5) is 20.5. The molecule has 10 heteroatoms. The molecule has 1 amide bonds. The number of rotatable bonds is 4. The second-order valence-electron chi connectivity index (χ2n) is 4.91. The molecule has 6 nitrogen and oxygen atoms in total. The zero-order valence-electron chi connectivity index (χ0n) is 13.0. The van der Waals surface area contributed by atoms with E-state index in [1.165, 1.54) is 12.1 Å². The molecule has 0 aliphatic heterocycles. The van der Waals surface area contributed by atoms with Crippen molar-refractivity contribution in [2.45, 2.75) is 25.9 Å². The first kappa shape index (κ1) is 20.1. The number of hydrogen-bond donors (Lipinski definition) is 3. The molecule has 0 aliphatic rings. The lowest BCUT2D eigenvalue weighted by Gasteiger charge is -2.02. The van der Waals surface area contributed by atoms with Crippen molar-refractivity contribution in [3.63, 3.8) is 0 Å². The van der Waals surface area contributed by atoms with E-state index in [9.17, 15) is 22.4 Å². The van der Waals surface area contributed by atoms with E-state index in [0.717, 1.165) is 11.3 Å². The topological polar surface area (TPSA) is 95.1 Å². The third kappa shape index (κ3) is 7.95. The van der Waals surface area contributed by atoms with Gasteiger partial charge >= 0.3 is 12.1 Å². The van der Waals surface area contributed by atoms with Gasteiger partial charge in [0.1, 0.15) is 5.82 Å². The molecule has 0 radical (unpaired) electrons. The van der Waals surface area contributed by atoms with Crippen molar-refractivity contribution in [3.8, 4) is 0 Å². The second kappa shape index (κ2) is 8.81. The van der Waals surface area contributed by atoms with Crippen LogP contribution < -0.4 is 5.32 Å². The highest BCUT2D eigenvalue weighted by atomic mass is 19.4. The third-order valence-corrected chi connectivity index (χ3v) is 2.77. The van der Waals surface area contributed by atoms with Crippen LogP contribution in [-0.2, 0) is 16.0 Å². The van der Waals surface area contributed by atoms with Crippen molar-refractivity contribution >= 4 is 17.7 Å². The van der Waals surface area contributed by atoms with Crippen molar-refractivity contribution in [2.75, 3.05) is 5.32 Å². The SMILES string of the molecule is Cc1cc(NC(=O)CCc2ccc(F)cc2)n[nH]1.O=C(O)C(F)(F)F. The average molecular weight is 361 g/mol. The van der Waals surface area contributed by atoms with E-state index in [1.54, 1.807) is 18.2 Å². The smallest absolute Gasteiger partial charge is 0.475 e. The minimum atomic E-state index is -5.08. The van der Waals surface area contributed by atoms with Crippen molar-refractivity contribution < 1.29 is 32.3 Å². The summed E-state index contributed by atoms with van der Waals surface area (Å²) in [5, 5.41) is 16.5. The first-order chi connectivity index (χ1) is 11.6. The van der Waals surface area contributed by atoms with E-state index in [-0.39, 0.29) is 11.7 Å². The van der Waals surface area contributed by atoms with E-state index in [2.05, 4.69) is 15.5 Å². The minimum absolute atomic E-state index is 0.106. The number of benzene rings is 1. The quantitative estimate of drug-likeness (QED) is 0.730. The van der Waals surface area contributed by atoms with E-state index >= 15 is 0 Å². The van der Waals surface area contributed by atoms with Crippen molar-refractivity contribution in [2.24, 2.45) is 0 Å². The Bertz CT molecular complexity index is 712. The molecule has 1 aromatic heterocycles. The van der Waals surface area contributed by atoms with E-state index in [1.807, 2.05) is 6.92 Å². The molecule has 0 spiro atoms. The first-order valence-electron chi connectivity index (χ1n) is 6.94. The fourth-order valence-corrected chi connectivity index (χ4v) is 1.60. The molecular formula is C15H15F4N3O3. The Labute approximate surface area is 139 Å². The van der Waals surface area contributed by atoms with Gasteiger partial charge in [0.05, 0.1) is 0 Å². The highest BCUT2D eigenvalue weighted by molar-refractivity contribution is 5.89. The van der Waals surface area contributed by atoms with Gasteiger partial charge in [-0.2, -0.15) is 18.3 Å². The van der Waals surface area contributed by atoms with Gasteiger partial charge in [-0.25, -0.2) is 9.18 Å². The maximum absolute atomic E-state index is 12.7. The number of nitrogens with zero attached hydrogens (tertiary/aromatic N) is 1. The summed E-state index contributed by atoms with van der Waals surface area (Å²) in [6, 6.07) is 7.91. The maximum atomic E-state index is 12.7. The van der Waals surface area contributed by atoms with Gasteiger partial charge in [0.2, 0.25) is 5.91 Å². The van der Waals surface area contributed by atoms with Gasteiger partial charge in [0.15, 0.2) is 5.82 Å². The number of carbonyl (C=O) groups excluding carboxylic acids is 1. The highest BCUT2D eigenvalue weighted by Gasteiger charge is 2.38. The predicted octanol–water partition coefficient (Wildman–Crippen LogP) is 3.06. The standard InChI is InChI=1S/C13H14FN3O.C2HF3O2/c1-9-8-12(17-16-9)15-13(18)7-4-10-2-5-11(14)6-3-10;3-2(4,5)1(6)7/h2-3,5-6,8H,4,7H2,1H3,(H2,15,16,17,18);(H,6,7). The van der Waals surface area contributed by atoms with E-state index < -0.39 is 12.1 Å².